The summed E-state index contributed by atoms with van der Waals surface area (Å²) in [7, 11) is -2.37. The molecule has 0 saturated carbocycles. The maximum atomic E-state index is 13.7. The molecular weight excluding hydrogens is 466 g/mol. The van der Waals surface area contributed by atoms with Crippen molar-refractivity contribution < 1.29 is 22.7 Å². The zero-order valence-electron chi connectivity index (χ0n) is 21.3. The van der Waals surface area contributed by atoms with Crippen LogP contribution in [0.1, 0.15) is 37.8 Å². The first kappa shape index (κ1) is 28.2. The van der Waals surface area contributed by atoms with Gasteiger partial charge in [-0.05, 0) is 49.4 Å². The molecule has 35 heavy (non-hydrogen) atoms. The van der Waals surface area contributed by atoms with Crippen molar-refractivity contribution in [2.75, 3.05) is 37.3 Å². The third kappa shape index (κ3) is 7.99. The number of methoxy groups -OCH3 is 1. The molecule has 1 atom stereocenters. The van der Waals surface area contributed by atoms with Gasteiger partial charge in [-0.15, -0.1) is 0 Å². The van der Waals surface area contributed by atoms with Crippen LogP contribution >= 0.6 is 0 Å². The molecule has 192 valence electrons. The number of carbonyl (C=O) groups excluding carboxylic acids is 2. The Bertz CT molecular complexity index is 1090. The highest BCUT2D eigenvalue weighted by Crippen LogP contribution is 2.31. The van der Waals surface area contributed by atoms with E-state index in [1.165, 1.54) is 12.0 Å². The van der Waals surface area contributed by atoms with Gasteiger partial charge in [-0.3, -0.25) is 13.9 Å². The predicted molar refractivity (Wildman–Crippen MR) is 139 cm³/mol. The second-order valence-electron chi connectivity index (χ2n) is 8.48. The minimum Gasteiger partial charge on any atom is -0.495 e. The van der Waals surface area contributed by atoms with E-state index >= 15 is 0 Å². The van der Waals surface area contributed by atoms with Gasteiger partial charge in [-0.1, -0.05) is 50.2 Å². The Hall–Kier alpha value is -3.07. The summed E-state index contributed by atoms with van der Waals surface area (Å²) >= 11 is 0. The van der Waals surface area contributed by atoms with Crippen LogP contribution in [0.15, 0.2) is 48.5 Å². The van der Waals surface area contributed by atoms with Crippen LogP contribution < -0.4 is 14.4 Å². The minimum absolute atomic E-state index is 0.241. The molecule has 2 amide bonds. The lowest BCUT2D eigenvalue weighted by atomic mass is 10.1. The van der Waals surface area contributed by atoms with Crippen LogP contribution in [0.5, 0.6) is 5.75 Å². The van der Waals surface area contributed by atoms with Gasteiger partial charge in [0.1, 0.15) is 18.3 Å². The summed E-state index contributed by atoms with van der Waals surface area (Å²) in [6, 6.07) is 14.1. The number of carbonyl (C=O) groups is 2. The second-order valence-corrected chi connectivity index (χ2v) is 10.4. The molecular formula is C26H37N3O5S. The fourth-order valence-corrected chi connectivity index (χ4v) is 4.70. The highest BCUT2D eigenvalue weighted by Gasteiger charge is 2.32. The van der Waals surface area contributed by atoms with Crippen LogP contribution in [0.4, 0.5) is 5.69 Å². The number of ether oxygens (including phenoxy) is 1. The summed E-state index contributed by atoms with van der Waals surface area (Å²) in [5.74, 6) is -0.347. The normalized spacial score (nSPS) is 12.0. The molecule has 2 rings (SSSR count). The summed E-state index contributed by atoms with van der Waals surface area (Å²) in [5, 5.41) is 2.87. The van der Waals surface area contributed by atoms with Crippen LogP contribution in [0.25, 0.3) is 0 Å². The third-order valence-electron chi connectivity index (χ3n) is 5.70. The molecule has 8 nitrogen and oxygen atoms in total. The Morgan fingerprint density at radius 2 is 1.77 bits per heavy atom. The van der Waals surface area contributed by atoms with Crippen molar-refractivity contribution in [2.45, 2.75) is 46.1 Å². The Balaban J connectivity index is 2.41. The molecule has 9 heteroatoms. The number of rotatable bonds is 13. The molecule has 0 aromatic heterocycles. The number of anilines is 1. The van der Waals surface area contributed by atoms with Gasteiger partial charge in [0.15, 0.2) is 0 Å². The van der Waals surface area contributed by atoms with Crippen molar-refractivity contribution in [1.29, 1.82) is 0 Å². The molecule has 2 aromatic rings. The number of aryl methyl sites for hydroxylation is 1. The van der Waals surface area contributed by atoms with Crippen LogP contribution in [-0.2, 0) is 26.0 Å². The standard InChI is InChI=1S/C26H37N3O5S/c1-6-16-27-26(31)22(7-2)28(17-15-21-11-9-8-10-12-21)25(30)19-29(35(5,32)33)23-18-20(3)13-14-24(23)34-4/h8-14,18,22H,6-7,15-17,19H2,1-5H3,(H,27,31)/t22-/m1/s1. The number of benzene rings is 2. The summed E-state index contributed by atoms with van der Waals surface area (Å²) < 4.78 is 32.0. The number of hydrogen-bond acceptors (Lipinski definition) is 5. The van der Waals surface area contributed by atoms with E-state index in [1.54, 1.807) is 12.1 Å². The van der Waals surface area contributed by atoms with E-state index in [-0.39, 0.29) is 18.1 Å². The highest BCUT2D eigenvalue weighted by molar-refractivity contribution is 7.92. The molecule has 0 aliphatic heterocycles. The molecule has 0 saturated heterocycles. The molecule has 2 aromatic carbocycles. The number of hydrogen-bond donors (Lipinski definition) is 1. The lowest BCUT2D eigenvalue weighted by molar-refractivity contribution is -0.139. The predicted octanol–water partition coefficient (Wildman–Crippen LogP) is 3.15. The molecule has 1 N–H and O–H groups in total. The number of sulfonamides is 1. The van der Waals surface area contributed by atoms with Gasteiger partial charge in [-0.2, -0.15) is 0 Å². The van der Waals surface area contributed by atoms with E-state index in [1.807, 2.05) is 57.2 Å². The van der Waals surface area contributed by atoms with Crippen LogP contribution in [0.3, 0.4) is 0 Å². The average Bonchev–Trinajstić information content (AvgIpc) is 2.83. The maximum absolute atomic E-state index is 13.7. The zero-order valence-corrected chi connectivity index (χ0v) is 22.1. The molecule has 0 heterocycles. The lowest BCUT2D eigenvalue weighted by Crippen LogP contribution is -2.53. The van der Waals surface area contributed by atoms with Gasteiger partial charge in [0.25, 0.3) is 0 Å². The van der Waals surface area contributed by atoms with E-state index in [0.717, 1.165) is 28.1 Å². The Morgan fingerprint density at radius 3 is 2.34 bits per heavy atom. The van der Waals surface area contributed by atoms with Gasteiger partial charge >= 0.3 is 0 Å². The molecule has 0 spiro atoms. The number of amides is 2. The first-order valence-electron chi connectivity index (χ1n) is 11.9. The molecule has 0 aliphatic carbocycles. The molecule has 0 bridgehead atoms. The van der Waals surface area contributed by atoms with Gasteiger partial charge in [-0.25, -0.2) is 8.42 Å². The lowest BCUT2D eigenvalue weighted by Gasteiger charge is -2.33. The fourth-order valence-electron chi connectivity index (χ4n) is 3.85. The minimum atomic E-state index is -3.82. The van der Waals surface area contributed by atoms with Crippen molar-refractivity contribution >= 4 is 27.5 Å². The summed E-state index contributed by atoms with van der Waals surface area (Å²) in [5.41, 5.74) is 2.14. The van der Waals surface area contributed by atoms with Crippen molar-refractivity contribution in [1.82, 2.24) is 10.2 Å². The largest absolute Gasteiger partial charge is 0.495 e. The zero-order chi connectivity index (χ0) is 26.0. The van der Waals surface area contributed by atoms with Gasteiger partial charge in [0.05, 0.1) is 19.1 Å². The third-order valence-corrected chi connectivity index (χ3v) is 6.83. The molecule has 0 radical (unpaired) electrons. The average molecular weight is 504 g/mol. The van der Waals surface area contributed by atoms with Gasteiger partial charge < -0.3 is 15.0 Å². The molecule has 0 fully saturated rings. The highest BCUT2D eigenvalue weighted by atomic mass is 32.2. The summed E-state index contributed by atoms with van der Waals surface area (Å²) in [4.78, 5) is 28.1. The number of nitrogens with one attached hydrogen (secondary N) is 1. The van der Waals surface area contributed by atoms with E-state index in [0.29, 0.717) is 25.1 Å². The second kappa shape index (κ2) is 13.1. The molecule has 0 unspecified atom stereocenters. The van der Waals surface area contributed by atoms with Crippen LogP contribution in [0, 0.1) is 6.92 Å². The van der Waals surface area contributed by atoms with E-state index in [4.69, 9.17) is 4.74 Å². The first-order chi connectivity index (χ1) is 16.6. The monoisotopic (exact) mass is 503 g/mol. The van der Waals surface area contributed by atoms with Crippen molar-refractivity contribution in [3.8, 4) is 5.75 Å². The van der Waals surface area contributed by atoms with Gasteiger partial charge in [0, 0.05) is 13.1 Å². The van der Waals surface area contributed by atoms with Crippen molar-refractivity contribution in [3.63, 3.8) is 0 Å². The van der Waals surface area contributed by atoms with Gasteiger partial charge in [0.2, 0.25) is 21.8 Å². The van der Waals surface area contributed by atoms with Crippen molar-refractivity contribution in [2.24, 2.45) is 0 Å². The fraction of sp³-hybridized carbons (Fsp3) is 0.462. The quantitative estimate of drug-likeness (QED) is 0.453. The Kier molecular flexibility index (Phi) is 10.6. The Morgan fingerprint density at radius 1 is 1.09 bits per heavy atom. The topological polar surface area (TPSA) is 96.0 Å². The van der Waals surface area contributed by atoms with E-state index in [2.05, 4.69) is 5.32 Å². The maximum Gasteiger partial charge on any atom is 0.244 e. The summed E-state index contributed by atoms with van der Waals surface area (Å²) in [6.45, 7) is 5.98. The Labute approximate surface area is 209 Å². The smallest absolute Gasteiger partial charge is 0.244 e. The number of nitrogens with zero attached hydrogens (tertiary/aromatic N) is 2. The molecule has 0 aliphatic rings. The summed E-state index contributed by atoms with van der Waals surface area (Å²) in [6.07, 6.45) is 2.77. The first-order valence-corrected chi connectivity index (χ1v) is 13.7. The van der Waals surface area contributed by atoms with Crippen molar-refractivity contribution in [3.05, 3.63) is 59.7 Å². The van der Waals surface area contributed by atoms with Crippen LogP contribution in [0.2, 0.25) is 0 Å². The van der Waals surface area contributed by atoms with Crippen LogP contribution in [-0.4, -0.2) is 64.2 Å². The van der Waals surface area contributed by atoms with E-state index in [9.17, 15) is 18.0 Å². The van der Waals surface area contributed by atoms with E-state index < -0.39 is 28.5 Å². The SMILES string of the molecule is CCCNC(=O)[C@@H](CC)N(CCc1ccccc1)C(=O)CN(c1cc(C)ccc1OC)S(C)(=O)=O.